The van der Waals surface area contributed by atoms with E-state index in [1.54, 1.807) is 0 Å². The SMILES string of the molecule is COc1cc(C(COC(=O)C(F)(F)C(F)(F)F)OC(=O)C(F)(F)C(F)(F)F)ccc1OC(=O)C(F)(F)C(F)(F)F. The van der Waals surface area contributed by atoms with E-state index in [0.29, 0.717) is 7.11 Å². The molecule has 0 amide bonds. The number of methoxy groups -OCH3 is 1. The van der Waals surface area contributed by atoms with Crippen LogP contribution in [0.1, 0.15) is 11.7 Å². The van der Waals surface area contributed by atoms with Crippen LogP contribution in [0.2, 0.25) is 0 Å². The normalized spacial score (nSPS) is 14.3. The quantitative estimate of drug-likeness (QED) is 0.209. The van der Waals surface area contributed by atoms with Crippen LogP contribution in [0.25, 0.3) is 0 Å². The van der Waals surface area contributed by atoms with Crippen molar-refractivity contribution in [3.05, 3.63) is 23.8 Å². The number of carbonyl (C=O) groups excluding carboxylic acids is 3. The summed E-state index contributed by atoms with van der Waals surface area (Å²) >= 11 is 0. The van der Waals surface area contributed by atoms with Gasteiger partial charge in [0.2, 0.25) is 0 Å². The van der Waals surface area contributed by atoms with E-state index in [4.69, 9.17) is 0 Å². The Morgan fingerprint density at radius 3 is 1.50 bits per heavy atom. The lowest BCUT2D eigenvalue weighted by atomic mass is 10.1. The molecule has 0 saturated carbocycles. The van der Waals surface area contributed by atoms with Gasteiger partial charge < -0.3 is 18.9 Å². The lowest BCUT2D eigenvalue weighted by Gasteiger charge is -2.25. The maximum Gasteiger partial charge on any atom is 0.465 e. The highest BCUT2D eigenvalue weighted by atomic mass is 19.4. The molecule has 228 valence electrons. The van der Waals surface area contributed by atoms with Crippen LogP contribution < -0.4 is 9.47 Å². The van der Waals surface area contributed by atoms with Crippen molar-refractivity contribution in [3.63, 3.8) is 0 Å². The topological polar surface area (TPSA) is 88.1 Å². The van der Waals surface area contributed by atoms with Crippen molar-refractivity contribution >= 4 is 17.9 Å². The first kappa shape index (κ1) is 34.4. The molecule has 0 aromatic heterocycles. The summed E-state index contributed by atoms with van der Waals surface area (Å²) in [7, 11) is 0.571. The number of alkyl halides is 15. The van der Waals surface area contributed by atoms with Crippen LogP contribution in [-0.2, 0) is 23.9 Å². The average Bonchev–Trinajstić information content (AvgIpc) is 2.79. The third-order valence-corrected chi connectivity index (χ3v) is 4.21. The predicted octanol–water partition coefficient (Wildman–Crippen LogP) is 5.32. The molecule has 40 heavy (non-hydrogen) atoms. The molecule has 1 atom stereocenters. The molecule has 0 radical (unpaired) electrons. The molecule has 0 saturated heterocycles. The molecule has 1 rings (SSSR count). The van der Waals surface area contributed by atoms with Crippen molar-refractivity contribution in [2.24, 2.45) is 0 Å². The summed E-state index contributed by atoms with van der Waals surface area (Å²) in [6, 6.07) is 0.595. The van der Waals surface area contributed by atoms with Crippen LogP contribution in [0.15, 0.2) is 18.2 Å². The van der Waals surface area contributed by atoms with Gasteiger partial charge in [0.25, 0.3) is 0 Å². The number of ether oxygens (including phenoxy) is 4. The van der Waals surface area contributed by atoms with Crippen LogP contribution in [0.4, 0.5) is 65.9 Å². The highest BCUT2D eigenvalue weighted by Crippen LogP contribution is 2.41. The van der Waals surface area contributed by atoms with E-state index in [9.17, 15) is 80.2 Å². The molecule has 1 aromatic carbocycles. The smallest absolute Gasteiger partial charge is 0.465 e. The van der Waals surface area contributed by atoms with E-state index in [2.05, 4.69) is 18.9 Å². The van der Waals surface area contributed by atoms with Gasteiger partial charge in [0.1, 0.15) is 6.61 Å². The van der Waals surface area contributed by atoms with Gasteiger partial charge in [0.05, 0.1) is 7.11 Å². The molecule has 0 spiro atoms. The first-order chi connectivity index (χ1) is 17.7. The van der Waals surface area contributed by atoms with Gasteiger partial charge in [-0.15, -0.1) is 0 Å². The molecule has 0 aliphatic rings. The maximum atomic E-state index is 13.3. The molecule has 0 aliphatic heterocycles. The summed E-state index contributed by atoms with van der Waals surface area (Å²) in [5.74, 6) is -31.4. The zero-order valence-electron chi connectivity index (χ0n) is 18.5. The summed E-state index contributed by atoms with van der Waals surface area (Å²) in [4.78, 5) is 33.8. The van der Waals surface area contributed by atoms with Gasteiger partial charge in [0, 0.05) is 0 Å². The Morgan fingerprint density at radius 2 is 1.07 bits per heavy atom. The highest BCUT2D eigenvalue weighted by Gasteiger charge is 2.67. The van der Waals surface area contributed by atoms with Crippen molar-refractivity contribution in [1.29, 1.82) is 0 Å². The van der Waals surface area contributed by atoms with Gasteiger partial charge in [-0.25, -0.2) is 14.4 Å². The Kier molecular flexibility index (Phi) is 9.55. The van der Waals surface area contributed by atoms with Gasteiger partial charge in [-0.1, -0.05) is 6.07 Å². The summed E-state index contributed by atoms with van der Waals surface area (Å²) < 4.78 is 206. The second kappa shape index (κ2) is 11.1. The van der Waals surface area contributed by atoms with Crippen molar-refractivity contribution < 1.29 is 99.2 Å². The van der Waals surface area contributed by atoms with Gasteiger partial charge in [-0.2, -0.15) is 65.9 Å². The largest absolute Gasteiger partial charge is 0.493 e. The van der Waals surface area contributed by atoms with E-state index >= 15 is 0 Å². The number of rotatable bonds is 9. The van der Waals surface area contributed by atoms with Gasteiger partial charge in [-0.3, -0.25) is 0 Å². The Bertz CT molecular complexity index is 1110. The maximum absolute atomic E-state index is 13.3. The van der Waals surface area contributed by atoms with Gasteiger partial charge >= 0.3 is 54.2 Å². The van der Waals surface area contributed by atoms with Crippen molar-refractivity contribution in [2.45, 2.75) is 42.4 Å². The third kappa shape index (κ3) is 7.11. The number of hydrogen-bond acceptors (Lipinski definition) is 7. The molecule has 1 aromatic rings. The number of esters is 3. The fraction of sp³-hybridized carbons (Fsp3) is 0.500. The molecular formula is C18H9F15O7. The minimum absolute atomic E-state index is 0.174. The van der Waals surface area contributed by atoms with E-state index in [0.717, 1.165) is 0 Å². The van der Waals surface area contributed by atoms with Crippen molar-refractivity contribution in [2.75, 3.05) is 13.7 Å². The minimum Gasteiger partial charge on any atom is -0.493 e. The number of halogens is 15. The second-order valence-electron chi connectivity index (χ2n) is 7.01. The fourth-order valence-corrected chi connectivity index (χ4v) is 2.12. The second-order valence-corrected chi connectivity index (χ2v) is 7.01. The number of hydrogen-bond donors (Lipinski definition) is 0. The average molecular weight is 622 g/mol. The van der Waals surface area contributed by atoms with E-state index in [1.165, 1.54) is 0 Å². The third-order valence-electron chi connectivity index (χ3n) is 4.21. The van der Waals surface area contributed by atoms with Gasteiger partial charge in [-0.05, 0) is 17.7 Å². The standard InChI is InChI=1S/C18H9F15O7/c1-37-8-4-6(2-3-7(8)39-11(35)14(21,22)17(28,29)30)9(40-12(36)15(23,24)18(31,32)33)5-38-10(34)13(19,20)16(25,26)27/h2-4,9H,5H2,1H3. The summed E-state index contributed by atoms with van der Waals surface area (Å²) in [5.41, 5.74) is -1.09. The molecule has 0 fully saturated rings. The summed E-state index contributed by atoms with van der Waals surface area (Å²) in [6.45, 7) is -2.13. The summed E-state index contributed by atoms with van der Waals surface area (Å²) in [6.07, 6.45) is -22.6. The lowest BCUT2D eigenvalue weighted by molar-refractivity contribution is -0.286. The molecule has 0 N–H and O–H groups in total. The molecule has 0 heterocycles. The zero-order valence-corrected chi connectivity index (χ0v) is 18.5. The van der Waals surface area contributed by atoms with E-state index in [1.807, 2.05) is 0 Å². The van der Waals surface area contributed by atoms with Gasteiger partial charge in [0.15, 0.2) is 17.6 Å². The Labute approximate surface area is 209 Å². The first-order valence-corrected chi connectivity index (χ1v) is 9.34. The van der Waals surface area contributed by atoms with Crippen LogP contribution >= 0.6 is 0 Å². The molecule has 1 unspecified atom stereocenters. The predicted molar refractivity (Wildman–Crippen MR) is 91.4 cm³/mol. The molecule has 0 aliphatic carbocycles. The van der Waals surface area contributed by atoms with Crippen molar-refractivity contribution in [1.82, 2.24) is 0 Å². The molecular weight excluding hydrogens is 613 g/mol. The fourth-order valence-electron chi connectivity index (χ4n) is 2.12. The van der Waals surface area contributed by atoms with Crippen LogP contribution in [0.5, 0.6) is 11.5 Å². The number of carbonyl (C=O) groups is 3. The lowest BCUT2D eigenvalue weighted by Crippen LogP contribution is -2.47. The zero-order chi connectivity index (χ0) is 31.7. The Balaban J connectivity index is 3.46. The molecule has 0 bridgehead atoms. The van der Waals surface area contributed by atoms with Crippen LogP contribution in [-0.4, -0.2) is 67.9 Å². The Hall–Kier alpha value is -3.62. The Morgan fingerprint density at radius 1 is 0.650 bits per heavy atom. The monoisotopic (exact) mass is 622 g/mol. The minimum atomic E-state index is -6.64. The number of benzene rings is 1. The molecule has 7 nitrogen and oxygen atoms in total. The van der Waals surface area contributed by atoms with E-state index < -0.39 is 84.0 Å². The van der Waals surface area contributed by atoms with Crippen molar-refractivity contribution in [3.8, 4) is 11.5 Å². The van der Waals surface area contributed by atoms with Crippen LogP contribution in [0, 0.1) is 0 Å². The van der Waals surface area contributed by atoms with Crippen LogP contribution in [0.3, 0.4) is 0 Å². The molecule has 22 heteroatoms. The first-order valence-electron chi connectivity index (χ1n) is 9.34. The van der Waals surface area contributed by atoms with E-state index in [-0.39, 0.29) is 18.2 Å². The highest BCUT2D eigenvalue weighted by molar-refractivity contribution is 5.82. The summed E-state index contributed by atoms with van der Waals surface area (Å²) in [5, 5.41) is 0.